The lowest BCUT2D eigenvalue weighted by molar-refractivity contribution is -0.118. The summed E-state index contributed by atoms with van der Waals surface area (Å²) < 4.78 is 32.4. The van der Waals surface area contributed by atoms with Gasteiger partial charge < -0.3 is 9.72 Å². The molecule has 1 aromatic heterocycles. The lowest BCUT2D eigenvalue weighted by Gasteiger charge is -2.06. The maximum Gasteiger partial charge on any atom is 0.349 e. The van der Waals surface area contributed by atoms with Gasteiger partial charge in [-0.25, -0.2) is 24.0 Å². The Kier molecular flexibility index (Phi) is 6.75. The fourth-order valence-electron chi connectivity index (χ4n) is 2.82. The van der Waals surface area contributed by atoms with Crippen LogP contribution in [0.25, 0.3) is 11.0 Å². The molecule has 0 aliphatic heterocycles. The molecule has 0 radical (unpaired) electrons. The molecule has 2 N–H and O–H groups in total. The number of amides is 1. The van der Waals surface area contributed by atoms with Gasteiger partial charge in [0.25, 0.3) is 5.91 Å². The highest BCUT2D eigenvalue weighted by Crippen LogP contribution is 2.19. The number of thioether (sulfide) groups is 1. The van der Waals surface area contributed by atoms with E-state index in [0.717, 1.165) is 29.2 Å². The molecule has 0 bridgehead atoms. The number of esters is 1. The van der Waals surface area contributed by atoms with Crippen LogP contribution in [-0.4, -0.2) is 33.8 Å². The lowest BCUT2D eigenvalue weighted by atomic mass is 10.2. The highest BCUT2D eigenvalue weighted by Gasteiger charge is 2.19. The van der Waals surface area contributed by atoms with Crippen molar-refractivity contribution >= 4 is 40.9 Å². The number of imidazole rings is 1. The molecule has 0 saturated heterocycles. The number of ether oxygens (including phenoxy) is 1. The van der Waals surface area contributed by atoms with E-state index in [1.165, 1.54) is 30.1 Å². The van der Waals surface area contributed by atoms with Crippen LogP contribution in [0.1, 0.15) is 15.9 Å². The Labute approximate surface area is 190 Å². The molecule has 1 amide bonds. The molecule has 33 heavy (non-hydrogen) atoms. The van der Waals surface area contributed by atoms with Crippen LogP contribution >= 0.6 is 11.8 Å². The standard InChI is InChI=1S/C23H16F2N4O3S/c24-16-4-3-5-17(25)21(16)22(31)32-15-10-8-14(9-11-15)12-26-29-20(30)13-33-23-27-18-6-1-2-7-19(18)28-23/h1-12H,13H2,(H,27,28)(H,29,30)/b26-12-. The molecule has 7 nitrogen and oxygen atoms in total. The van der Waals surface area contributed by atoms with Crippen molar-refractivity contribution in [3.63, 3.8) is 0 Å². The molecule has 3 aromatic carbocycles. The summed E-state index contributed by atoms with van der Waals surface area (Å²) in [6, 6.07) is 16.7. The van der Waals surface area contributed by atoms with E-state index in [1.807, 2.05) is 24.3 Å². The van der Waals surface area contributed by atoms with Gasteiger partial charge >= 0.3 is 5.97 Å². The Morgan fingerprint density at radius 1 is 1.03 bits per heavy atom. The van der Waals surface area contributed by atoms with E-state index in [4.69, 9.17) is 4.74 Å². The van der Waals surface area contributed by atoms with Crippen LogP contribution in [0.2, 0.25) is 0 Å². The second kappa shape index (κ2) is 10.0. The van der Waals surface area contributed by atoms with Gasteiger partial charge in [0.2, 0.25) is 0 Å². The first-order chi connectivity index (χ1) is 16.0. The number of nitrogens with zero attached hydrogens (tertiary/aromatic N) is 2. The van der Waals surface area contributed by atoms with Crippen LogP contribution in [0.5, 0.6) is 5.75 Å². The Morgan fingerprint density at radius 2 is 1.76 bits per heavy atom. The van der Waals surface area contributed by atoms with Crippen molar-refractivity contribution in [3.05, 3.63) is 89.5 Å². The summed E-state index contributed by atoms with van der Waals surface area (Å²) in [5.74, 6) is -3.23. The van der Waals surface area contributed by atoms with E-state index in [0.29, 0.717) is 10.7 Å². The first-order valence-corrected chi connectivity index (χ1v) is 10.6. The average Bonchev–Trinajstić information content (AvgIpc) is 3.22. The van der Waals surface area contributed by atoms with E-state index in [9.17, 15) is 18.4 Å². The molecule has 0 fully saturated rings. The zero-order valence-electron chi connectivity index (χ0n) is 16.9. The fraction of sp³-hybridized carbons (Fsp3) is 0.0435. The number of aromatic amines is 1. The quantitative estimate of drug-likeness (QED) is 0.139. The van der Waals surface area contributed by atoms with Crippen LogP contribution in [0.4, 0.5) is 8.78 Å². The topological polar surface area (TPSA) is 96.4 Å². The summed E-state index contributed by atoms with van der Waals surface area (Å²) >= 11 is 1.25. The van der Waals surface area contributed by atoms with E-state index < -0.39 is 23.2 Å². The van der Waals surface area contributed by atoms with Gasteiger partial charge in [0.15, 0.2) is 5.16 Å². The van der Waals surface area contributed by atoms with Gasteiger partial charge in [0.1, 0.15) is 22.9 Å². The van der Waals surface area contributed by atoms with Crippen LogP contribution < -0.4 is 10.2 Å². The van der Waals surface area contributed by atoms with Crippen molar-refractivity contribution in [2.24, 2.45) is 5.10 Å². The van der Waals surface area contributed by atoms with Crippen LogP contribution in [0.3, 0.4) is 0 Å². The normalized spacial score (nSPS) is 11.1. The van der Waals surface area contributed by atoms with Crippen LogP contribution in [0, 0.1) is 11.6 Å². The number of carbonyl (C=O) groups excluding carboxylic acids is 2. The van der Waals surface area contributed by atoms with E-state index in [-0.39, 0.29) is 17.4 Å². The third kappa shape index (κ3) is 5.60. The van der Waals surface area contributed by atoms with Crippen molar-refractivity contribution in [1.29, 1.82) is 0 Å². The van der Waals surface area contributed by atoms with Gasteiger partial charge in [-0.3, -0.25) is 4.79 Å². The number of hydrogen-bond acceptors (Lipinski definition) is 6. The molecule has 1 heterocycles. The van der Waals surface area contributed by atoms with E-state index in [2.05, 4.69) is 20.5 Å². The average molecular weight is 466 g/mol. The zero-order valence-corrected chi connectivity index (χ0v) is 17.7. The zero-order chi connectivity index (χ0) is 23.2. The number of halogens is 2. The summed E-state index contributed by atoms with van der Waals surface area (Å²) in [5.41, 5.74) is 3.99. The monoisotopic (exact) mass is 466 g/mol. The Bertz CT molecular complexity index is 1290. The van der Waals surface area contributed by atoms with Gasteiger partial charge in [0.05, 0.1) is 23.0 Å². The molecular formula is C23H16F2N4O3S. The predicted octanol–water partition coefficient (Wildman–Crippen LogP) is 4.30. The predicted molar refractivity (Wildman–Crippen MR) is 120 cm³/mol. The van der Waals surface area contributed by atoms with Crippen molar-refractivity contribution in [2.75, 3.05) is 5.75 Å². The van der Waals surface area contributed by atoms with E-state index >= 15 is 0 Å². The number of para-hydroxylation sites is 2. The molecular weight excluding hydrogens is 450 g/mol. The minimum Gasteiger partial charge on any atom is -0.423 e. The third-order valence-corrected chi connectivity index (χ3v) is 5.24. The largest absolute Gasteiger partial charge is 0.423 e. The molecule has 0 saturated carbocycles. The number of rotatable bonds is 7. The smallest absolute Gasteiger partial charge is 0.349 e. The van der Waals surface area contributed by atoms with Crippen molar-refractivity contribution in [3.8, 4) is 5.75 Å². The number of nitrogens with one attached hydrogen (secondary N) is 2. The van der Waals surface area contributed by atoms with Gasteiger partial charge in [-0.05, 0) is 54.1 Å². The second-order valence-electron chi connectivity index (χ2n) is 6.70. The minimum atomic E-state index is -1.14. The van der Waals surface area contributed by atoms with Crippen LogP contribution in [-0.2, 0) is 4.79 Å². The molecule has 166 valence electrons. The number of carbonyl (C=O) groups is 2. The highest BCUT2D eigenvalue weighted by atomic mass is 32.2. The van der Waals surface area contributed by atoms with E-state index in [1.54, 1.807) is 12.1 Å². The fourth-order valence-corrected chi connectivity index (χ4v) is 3.49. The first-order valence-electron chi connectivity index (χ1n) is 9.65. The Hall–Kier alpha value is -4.05. The van der Waals surface area contributed by atoms with Crippen molar-refractivity contribution < 1.29 is 23.1 Å². The molecule has 0 atom stereocenters. The molecule has 0 spiro atoms. The second-order valence-corrected chi connectivity index (χ2v) is 7.66. The Morgan fingerprint density at radius 3 is 2.48 bits per heavy atom. The number of hydrogen-bond donors (Lipinski definition) is 2. The summed E-state index contributed by atoms with van der Waals surface area (Å²) in [6.45, 7) is 0. The first kappa shape index (κ1) is 22.2. The summed E-state index contributed by atoms with van der Waals surface area (Å²) in [6.07, 6.45) is 1.41. The number of fused-ring (bicyclic) bond motifs is 1. The maximum absolute atomic E-state index is 13.7. The van der Waals surface area contributed by atoms with Crippen molar-refractivity contribution in [2.45, 2.75) is 5.16 Å². The number of hydrazone groups is 1. The number of aromatic nitrogens is 2. The number of H-pyrrole nitrogens is 1. The van der Waals surface area contributed by atoms with Gasteiger partial charge in [0, 0.05) is 0 Å². The van der Waals surface area contributed by atoms with Crippen LogP contribution in [0.15, 0.2) is 77.0 Å². The third-order valence-electron chi connectivity index (χ3n) is 4.37. The number of benzene rings is 3. The van der Waals surface area contributed by atoms with Crippen molar-refractivity contribution in [1.82, 2.24) is 15.4 Å². The summed E-state index contributed by atoms with van der Waals surface area (Å²) in [4.78, 5) is 31.5. The summed E-state index contributed by atoms with van der Waals surface area (Å²) in [7, 11) is 0. The highest BCUT2D eigenvalue weighted by molar-refractivity contribution is 7.99. The maximum atomic E-state index is 13.7. The van der Waals surface area contributed by atoms with Gasteiger partial charge in [-0.2, -0.15) is 5.10 Å². The molecule has 4 rings (SSSR count). The molecule has 10 heteroatoms. The molecule has 0 aliphatic carbocycles. The molecule has 4 aromatic rings. The molecule has 0 unspecified atom stereocenters. The lowest BCUT2D eigenvalue weighted by Crippen LogP contribution is -2.19. The summed E-state index contributed by atoms with van der Waals surface area (Å²) in [5, 5.41) is 4.52. The van der Waals surface area contributed by atoms with Gasteiger partial charge in [-0.1, -0.05) is 30.0 Å². The Balaban J connectivity index is 1.27. The minimum absolute atomic E-state index is 0.103. The molecule has 0 aliphatic rings. The SMILES string of the molecule is O=C(CSc1nc2ccccc2[nH]1)N/N=C\c1ccc(OC(=O)c2c(F)cccc2F)cc1. The van der Waals surface area contributed by atoms with Gasteiger partial charge in [-0.15, -0.1) is 0 Å².